The molecule has 2 aromatic rings. The topological polar surface area (TPSA) is 52.3 Å². The average molecular weight is 259 g/mol. The number of hydrogen-bond acceptors (Lipinski definition) is 4. The molecule has 4 nitrogen and oxygen atoms in total. The molecule has 0 amide bonds. The third-order valence-corrected chi connectivity index (χ3v) is 2.73. The van der Waals surface area contributed by atoms with Crippen molar-refractivity contribution in [1.82, 2.24) is 4.98 Å². The summed E-state index contributed by atoms with van der Waals surface area (Å²) in [7, 11) is 1.33. The van der Waals surface area contributed by atoms with Crippen LogP contribution in [0.4, 0.5) is 0 Å². The lowest BCUT2D eigenvalue weighted by Crippen LogP contribution is -2.17. The molecule has 0 radical (unpaired) electrons. The first-order valence-corrected chi connectivity index (χ1v) is 6.08. The molecule has 1 aromatic carbocycles. The van der Waals surface area contributed by atoms with Crippen molar-refractivity contribution in [2.24, 2.45) is 0 Å². The molecule has 0 saturated heterocycles. The van der Waals surface area contributed by atoms with Gasteiger partial charge in [0, 0.05) is 11.0 Å². The first-order valence-electron chi connectivity index (χ1n) is 6.08. The summed E-state index contributed by atoms with van der Waals surface area (Å²) in [5.41, 5.74) is 1.15. The van der Waals surface area contributed by atoms with Crippen LogP contribution >= 0.6 is 0 Å². The van der Waals surface area contributed by atoms with Crippen LogP contribution in [0.3, 0.4) is 0 Å². The molecule has 19 heavy (non-hydrogen) atoms. The van der Waals surface area contributed by atoms with Crippen LogP contribution in [0.25, 0.3) is 11.5 Å². The lowest BCUT2D eigenvalue weighted by Gasteiger charge is -2.15. The van der Waals surface area contributed by atoms with Gasteiger partial charge in [-0.05, 0) is 12.1 Å². The second-order valence-corrected chi connectivity index (χ2v) is 5.30. The smallest absolute Gasteiger partial charge is 0.376 e. The summed E-state index contributed by atoms with van der Waals surface area (Å²) in [6, 6.07) is 9.49. The van der Waals surface area contributed by atoms with Crippen molar-refractivity contribution in [3.8, 4) is 11.5 Å². The second kappa shape index (κ2) is 4.88. The van der Waals surface area contributed by atoms with Crippen LogP contribution < -0.4 is 0 Å². The molecule has 0 aliphatic heterocycles. The Balaban J connectivity index is 2.55. The molecule has 1 aromatic heterocycles. The van der Waals surface area contributed by atoms with Gasteiger partial charge in [-0.2, -0.15) is 0 Å². The molecule has 0 atom stereocenters. The fourth-order valence-electron chi connectivity index (χ4n) is 1.76. The molecule has 0 unspecified atom stereocenters. The quantitative estimate of drug-likeness (QED) is 0.775. The molecule has 0 saturated carbocycles. The molecule has 0 aliphatic carbocycles. The van der Waals surface area contributed by atoms with E-state index in [4.69, 9.17) is 9.15 Å². The maximum Gasteiger partial charge on any atom is 0.376 e. The van der Waals surface area contributed by atoms with Gasteiger partial charge in [-0.1, -0.05) is 39.0 Å². The molecule has 4 heteroatoms. The van der Waals surface area contributed by atoms with E-state index in [9.17, 15) is 4.79 Å². The van der Waals surface area contributed by atoms with Crippen molar-refractivity contribution >= 4 is 5.97 Å². The Hall–Kier alpha value is -2.10. The van der Waals surface area contributed by atoms with Crippen LogP contribution in [0.2, 0.25) is 0 Å². The predicted octanol–water partition coefficient (Wildman–Crippen LogP) is 3.43. The van der Waals surface area contributed by atoms with Gasteiger partial charge in [0.25, 0.3) is 0 Å². The van der Waals surface area contributed by atoms with Crippen molar-refractivity contribution in [2.75, 3.05) is 7.11 Å². The van der Waals surface area contributed by atoms with Crippen molar-refractivity contribution in [3.63, 3.8) is 0 Å². The Kier molecular flexibility index (Phi) is 3.42. The standard InChI is InChI=1S/C15H17NO3/c1-15(2,3)12-11(14(17)18-4)19-13(16-12)10-8-6-5-7-9-10/h5-9H,1-4H3. The zero-order valence-electron chi connectivity index (χ0n) is 11.6. The van der Waals surface area contributed by atoms with Crippen molar-refractivity contribution in [2.45, 2.75) is 26.2 Å². The number of carbonyl (C=O) groups excluding carboxylic acids is 1. The van der Waals surface area contributed by atoms with E-state index >= 15 is 0 Å². The fourth-order valence-corrected chi connectivity index (χ4v) is 1.76. The number of aromatic nitrogens is 1. The van der Waals surface area contributed by atoms with E-state index < -0.39 is 5.97 Å². The van der Waals surface area contributed by atoms with Crippen LogP contribution in [-0.4, -0.2) is 18.1 Å². The molecule has 0 spiro atoms. The van der Waals surface area contributed by atoms with E-state index in [1.54, 1.807) is 0 Å². The predicted molar refractivity (Wildman–Crippen MR) is 72.0 cm³/mol. The number of hydrogen-bond donors (Lipinski definition) is 0. The summed E-state index contributed by atoms with van der Waals surface area (Å²) in [5, 5.41) is 0. The number of rotatable bonds is 2. The SMILES string of the molecule is COC(=O)c1oc(-c2ccccc2)nc1C(C)(C)C. The molecule has 0 fully saturated rings. The first-order chi connectivity index (χ1) is 8.93. The van der Waals surface area contributed by atoms with Crippen LogP contribution in [-0.2, 0) is 10.2 Å². The van der Waals surface area contributed by atoms with Gasteiger partial charge in [0.1, 0.15) is 5.69 Å². The lowest BCUT2D eigenvalue weighted by molar-refractivity contribution is 0.0562. The molecular formula is C15H17NO3. The highest BCUT2D eigenvalue weighted by Crippen LogP contribution is 2.30. The highest BCUT2D eigenvalue weighted by atomic mass is 16.5. The Morgan fingerprint density at radius 2 is 1.84 bits per heavy atom. The van der Waals surface area contributed by atoms with E-state index in [1.165, 1.54) is 7.11 Å². The average Bonchev–Trinajstić information content (AvgIpc) is 2.84. The Labute approximate surface area is 112 Å². The molecule has 1 heterocycles. The van der Waals surface area contributed by atoms with Crippen LogP contribution in [0.5, 0.6) is 0 Å². The second-order valence-electron chi connectivity index (χ2n) is 5.30. The van der Waals surface area contributed by atoms with E-state index in [0.717, 1.165) is 5.56 Å². The molecule has 100 valence electrons. The zero-order valence-corrected chi connectivity index (χ0v) is 11.6. The van der Waals surface area contributed by atoms with Crippen molar-refractivity contribution in [3.05, 3.63) is 41.8 Å². The Morgan fingerprint density at radius 1 is 1.21 bits per heavy atom. The van der Waals surface area contributed by atoms with Gasteiger partial charge in [-0.15, -0.1) is 0 Å². The molecule has 0 bridgehead atoms. The van der Waals surface area contributed by atoms with Gasteiger partial charge in [0.15, 0.2) is 0 Å². The lowest BCUT2D eigenvalue weighted by atomic mass is 9.91. The minimum Gasteiger partial charge on any atom is -0.463 e. The van der Waals surface area contributed by atoms with Gasteiger partial charge >= 0.3 is 5.97 Å². The van der Waals surface area contributed by atoms with Crippen LogP contribution in [0.15, 0.2) is 34.7 Å². The number of nitrogens with zero attached hydrogens (tertiary/aromatic N) is 1. The third-order valence-electron chi connectivity index (χ3n) is 2.73. The fraction of sp³-hybridized carbons (Fsp3) is 0.333. The number of methoxy groups -OCH3 is 1. The van der Waals surface area contributed by atoms with Crippen LogP contribution in [0.1, 0.15) is 37.0 Å². The summed E-state index contributed by atoms with van der Waals surface area (Å²) in [6.45, 7) is 5.93. The summed E-state index contributed by atoms with van der Waals surface area (Å²) in [5.74, 6) is 0.111. The van der Waals surface area contributed by atoms with Crippen molar-refractivity contribution < 1.29 is 13.9 Å². The monoisotopic (exact) mass is 259 g/mol. The van der Waals surface area contributed by atoms with E-state index in [2.05, 4.69) is 4.98 Å². The number of oxazole rings is 1. The largest absolute Gasteiger partial charge is 0.463 e. The van der Waals surface area contributed by atoms with E-state index in [0.29, 0.717) is 11.6 Å². The van der Waals surface area contributed by atoms with Crippen molar-refractivity contribution in [1.29, 1.82) is 0 Å². The molecule has 0 N–H and O–H groups in total. The molecular weight excluding hydrogens is 242 g/mol. The number of carbonyl (C=O) groups is 1. The number of esters is 1. The maximum atomic E-state index is 11.8. The van der Waals surface area contributed by atoms with Crippen LogP contribution in [0, 0.1) is 0 Å². The Bertz CT molecular complexity index is 579. The van der Waals surface area contributed by atoms with E-state index in [1.807, 2.05) is 51.1 Å². The highest BCUT2D eigenvalue weighted by Gasteiger charge is 2.29. The summed E-state index contributed by atoms with van der Waals surface area (Å²) < 4.78 is 10.3. The highest BCUT2D eigenvalue weighted by molar-refractivity contribution is 5.88. The van der Waals surface area contributed by atoms with Gasteiger partial charge in [-0.3, -0.25) is 0 Å². The van der Waals surface area contributed by atoms with Gasteiger partial charge in [0.05, 0.1) is 7.11 Å². The Morgan fingerprint density at radius 3 is 2.37 bits per heavy atom. The number of ether oxygens (including phenoxy) is 1. The third kappa shape index (κ3) is 2.67. The first kappa shape index (κ1) is 13.3. The zero-order chi connectivity index (χ0) is 14.0. The molecule has 0 aliphatic rings. The summed E-state index contributed by atoms with van der Waals surface area (Å²) in [6.07, 6.45) is 0. The normalized spacial score (nSPS) is 11.4. The van der Waals surface area contributed by atoms with E-state index in [-0.39, 0.29) is 11.2 Å². The summed E-state index contributed by atoms with van der Waals surface area (Å²) in [4.78, 5) is 16.2. The van der Waals surface area contributed by atoms with Gasteiger partial charge in [-0.25, -0.2) is 9.78 Å². The maximum absolute atomic E-state index is 11.8. The molecule has 2 rings (SSSR count). The number of benzene rings is 1. The van der Waals surface area contributed by atoms with Gasteiger partial charge < -0.3 is 9.15 Å². The van der Waals surface area contributed by atoms with Gasteiger partial charge in [0.2, 0.25) is 11.7 Å². The summed E-state index contributed by atoms with van der Waals surface area (Å²) >= 11 is 0. The minimum atomic E-state index is -0.500. The minimum absolute atomic E-state index is 0.175.